The van der Waals surface area contributed by atoms with Crippen LogP contribution in [0.5, 0.6) is 0 Å². The van der Waals surface area contributed by atoms with Crippen LogP contribution < -0.4 is 5.32 Å². The van der Waals surface area contributed by atoms with Crippen molar-refractivity contribution in [1.29, 1.82) is 0 Å². The van der Waals surface area contributed by atoms with Gasteiger partial charge in [0.1, 0.15) is 0 Å². The summed E-state index contributed by atoms with van der Waals surface area (Å²) in [6, 6.07) is 5.52. The summed E-state index contributed by atoms with van der Waals surface area (Å²) in [5, 5.41) is 2.73. The first-order valence-electron chi connectivity index (χ1n) is 4.08. The second kappa shape index (κ2) is 4.40. The first-order chi connectivity index (χ1) is 6.24. The Morgan fingerprint density at radius 1 is 1.69 bits per heavy atom. The minimum Gasteiger partial charge on any atom is -0.344 e. The van der Waals surface area contributed by atoms with E-state index in [1.54, 1.807) is 6.20 Å². The van der Waals surface area contributed by atoms with Crippen LogP contribution in [0.15, 0.2) is 37.1 Å². The molecule has 3 nitrogen and oxygen atoms in total. The van der Waals surface area contributed by atoms with Crippen molar-refractivity contribution in [1.82, 2.24) is 10.3 Å². The number of nitrogens with one attached hydrogen (secondary N) is 1. The number of aromatic nitrogens is 1. The molecule has 0 aromatic carbocycles. The molecule has 0 aliphatic rings. The van der Waals surface area contributed by atoms with E-state index in [-0.39, 0.29) is 11.9 Å². The zero-order chi connectivity index (χ0) is 9.68. The normalized spacial score (nSPS) is 11.8. The number of hydrogen-bond acceptors (Lipinski definition) is 2. The molecule has 1 rings (SSSR count). The fourth-order valence-corrected chi connectivity index (χ4v) is 0.978. The summed E-state index contributed by atoms with van der Waals surface area (Å²) >= 11 is 0. The molecule has 68 valence electrons. The molecule has 0 fully saturated rings. The summed E-state index contributed by atoms with van der Waals surface area (Å²) in [7, 11) is 0. The van der Waals surface area contributed by atoms with E-state index in [2.05, 4.69) is 16.9 Å². The third-order valence-electron chi connectivity index (χ3n) is 1.68. The molecule has 0 saturated heterocycles. The SMILES string of the molecule is C=CC(=O)N[C@H](C)c1ccccn1. The predicted octanol–water partition coefficient (Wildman–Crippen LogP) is 1.44. The molecular weight excluding hydrogens is 164 g/mol. The Morgan fingerprint density at radius 3 is 3.00 bits per heavy atom. The van der Waals surface area contributed by atoms with Crippen LogP contribution in [-0.2, 0) is 4.79 Å². The van der Waals surface area contributed by atoms with Crippen LogP contribution in [0.1, 0.15) is 18.7 Å². The lowest BCUT2D eigenvalue weighted by Crippen LogP contribution is -2.24. The summed E-state index contributed by atoms with van der Waals surface area (Å²) in [5.74, 6) is -0.182. The fourth-order valence-electron chi connectivity index (χ4n) is 0.978. The number of pyridine rings is 1. The summed E-state index contributed by atoms with van der Waals surface area (Å²) in [5.41, 5.74) is 0.845. The first kappa shape index (κ1) is 9.45. The van der Waals surface area contributed by atoms with Gasteiger partial charge in [0.25, 0.3) is 0 Å². The summed E-state index contributed by atoms with van der Waals surface area (Å²) in [4.78, 5) is 15.1. The van der Waals surface area contributed by atoms with Gasteiger partial charge in [-0.15, -0.1) is 0 Å². The molecule has 0 aliphatic carbocycles. The molecule has 1 aromatic rings. The molecule has 1 amide bonds. The smallest absolute Gasteiger partial charge is 0.243 e. The van der Waals surface area contributed by atoms with Gasteiger partial charge in [0.2, 0.25) is 5.91 Å². The first-order valence-corrected chi connectivity index (χ1v) is 4.08. The largest absolute Gasteiger partial charge is 0.344 e. The van der Waals surface area contributed by atoms with Gasteiger partial charge in [0.15, 0.2) is 0 Å². The van der Waals surface area contributed by atoms with E-state index in [0.717, 1.165) is 5.69 Å². The number of hydrogen-bond donors (Lipinski definition) is 1. The highest BCUT2D eigenvalue weighted by atomic mass is 16.1. The molecular formula is C10H12N2O. The molecule has 0 spiro atoms. The van der Waals surface area contributed by atoms with E-state index in [9.17, 15) is 4.79 Å². The van der Waals surface area contributed by atoms with Crippen molar-refractivity contribution in [2.45, 2.75) is 13.0 Å². The second-order valence-corrected chi connectivity index (χ2v) is 2.69. The molecule has 1 aromatic heterocycles. The predicted molar refractivity (Wildman–Crippen MR) is 51.0 cm³/mol. The fraction of sp³-hybridized carbons (Fsp3) is 0.200. The Bertz CT molecular complexity index is 295. The van der Waals surface area contributed by atoms with Crippen LogP contribution in [0, 0.1) is 0 Å². The molecule has 0 saturated carbocycles. The second-order valence-electron chi connectivity index (χ2n) is 2.69. The number of nitrogens with zero attached hydrogens (tertiary/aromatic N) is 1. The van der Waals surface area contributed by atoms with Crippen LogP contribution in [0.25, 0.3) is 0 Å². The maximum atomic E-state index is 10.9. The Morgan fingerprint density at radius 2 is 2.46 bits per heavy atom. The highest BCUT2D eigenvalue weighted by molar-refractivity contribution is 5.87. The lowest BCUT2D eigenvalue weighted by Gasteiger charge is -2.10. The zero-order valence-electron chi connectivity index (χ0n) is 7.53. The Balaban J connectivity index is 2.63. The van der Waals surface area contributed by atoms with Gasteiger partial charge >= 0.3 is 0 Å². The van der Waals surface area contributed by atoms with Gasteiger partial charge < -0.3 is 5.32 Å². The van der Waals surface area contributed by atoms with Crippen LogP contribution in [0.3, 0.4) is 0 Å². The van der Waals surface area contributed by atoms with E-state index < -0.39 is 0 Å². The highest BCUT2D eigenvalue weighted by Gasteiger charge is 2.06. The summed E-state index contributed by atoms with van der Waals surface area (Å²) in [6.45, 7) is 5.25. The van der Waals surface area contributed by atoms with Gasteiger partial charge in [-0.1, -0.05) is 12.6 Å². The van der Waals surface area contributed by atoms with Crippen molar-refractivity contribution in [3.8, 4) is 0 Å². The molecule has 0 radical (unpaired) electrons. The third-order valence-corrected chi connectivity index (χ3v) is 1.68. The number of rotatable bonds is 3. The molecule has 0 bridgehead atoms. The molecule has 1 heterocycles. The highest BCUT2D eigenvalue weighted by Crippen LogP contribution is 2.06. The van der Waals surface area contributed by atoms with Crippen molar-refractivity contribution in [2.24, 2.45) is 0 Å². The molecule has 13 heavy (non-hydrogen) atoms. The number of carbonyl (C=O) groups excluding carboxylic acids is 1. The van der Waals surface area contributed by atoms with E-state index in [0.29, 0.717) is 0 Å². The van der Waals surface area contributed by atoms with Crippen LogP contribution in [0.4, 0.5) is 0 Å². The van der Waals surface area contributed by atoms with Crippen molar-refractivity contribution < 1.29 is 4.79 Å². The van der Waals surface area contributed by atoms with Gasteiger partial charge in [-0.3, -0.25) is 9.78 Å². The van der Waals surface area contributed by atoms with Crippen molar-refractivity contribution >= 4 is 5.91 Å². The van der Waals surface area contributed by atoms with E-state index >= 15 is 0 Å². The Kier molecular flexibility index (Phi) is 3.20. The topological polar surface area (TPSA) is 42.0 Å². The van der Waals surface area contributed by atoms with E-state index in [1.165, 1.54) is 6.08 Å². The molecule has 1 atom stereocenters. The van der Waals surface area contributed by atoms with Crippen LogP contribution in [0.2, 0.25) is 0 Å². The average Bonchev–Trinajstić information content (AvgIpc) is 2.19. The summed E-state index contributed by atoms with van der Waals surface area (Å²) < 4.78 is 0. The number of carbonyl (C=O) groups is 1. The average molecular weight is 176 g/mol. The lowest BCUT2D eigenvalue weighted by molar-refractivity contribution is -0.117. The maximum absolute atomic E-state index is 10.9. The third kappa shape index (κ3) is 2.71. The van der Waals surface area contributed by atoms with Crippen molar-refractivity contribution in [3.63, 3.8) is 0 Å². The monoisotopic (exact) mass is 176 g/mol. The minimum absolute atomic E-state index is 0.0771. The molecule has 0 unspecified atom stereocenters. The van der Waals surface area contributed by atoms with E-state index in [4.69, 9.17) is 0 Å². The van der Waals surface area contributed by atoms with Gasteiger partial charge in [0, 0.05) is 6.20 Å². The molecule has 3 heteroatoms. The van der Waals surface area contributed by atoms with Gasteiger partial charge in [-0.05, 0) is 25.1 Å². The zero-order valence-corrected chi connectivity index (χ0v) is 7.53. The molecule has 1 N–H and O–H groups in total. The quantitative estimate of drug-likeness (QED) is 0.708. The lowest BCUT2D eigenvalue weighted by atomic mass is 10.2. The standard InChI is InChI=1S/C10H12N2O/c1-3-10(13)12-8(2)9-6-4-5-7-11-9/h3-8H,1H2,2H3,(H,12,13)/t8-/m1/s1. The maximum Gasteiger partial charge on any atom is 0.243 e. The van der Waals surface area contributed by atoms with Crippen LogP contribution >= 0.6 is 0 Å². The van der Waals surface area contributed by atoms with Gasteiger partial charge in [0.05, 0.1) is 11.7 Å². The van der Waals surface area contributed by atoms with Gasteiger partial charge in [-0.2, -0.15) is 0 Å². The molecule has 0 aliphatic heterocycles. The Labute approximate surface area is 77.5 Å². The summed E-state index contributed by atoms with van der Waals surface area (Å²) in [6.07, 6.45) is 2.95. The number of amides is 1. The van der Waals surface area contributed by atoms with E-state index in [1.807, 2.05) is 25.1 Å². The minimum atomic E-state index is -0.182. The van der Waals surface area contributed by atoms with Crippen molar-refractivity contribution in [3.05, 3.63) is 42.7 Å². The Hall–Kier alpha value is -1.64. The van der Waals surface area contributed by atoms with Crippen LogP contribution in [-0.4, -0.2) is 10.9 Å². The van der Waals surface area contributed by atoms with Gasteiger partial charge in [-0.25, -0.2) is 0 Å². The van der Waals surface area contributed by atoms with Crippen molar-refractivity contribution in [2.75, 3.05) is 0 Å².